The second kappa shape index (κ2) is 5.41. The average Bonchev–Trinajstić information content (AvgIpc) is 2.63. The van der Waals surface area contributed by atoms with Gasteiger partial charge in [0.05, 0.1) is 0 Å². The number of nitrogens with zero attached hydrogens (tertiary/aromatic N) is 4. The van der Waals surface area contributed by atoms with Crippen LogP contribution in [0, 0.1) is 6.92 Å². The third kappa shape index (κ3) is 3.46. The molecule has 0 saturated carbocycles. The van der Waals surface area contributed by atoms with E-state index in [2.05, 4.69) is 49.9 Å². The SMILES string of the molecule is Cc1nnc(Sc2cc(Br)nc(C(C)C)n2)s1. The van der Waals surface area contributed by atoms with Gasteiger partial charge in [0.15, 0.2) is 4.34 Å². The van der Waals surface area contributed by atoms with Crippen molar-refractivity contribution in [2.24, 2.45) is 0 Å². The molecule has 0 fully saturated rings. The predicted octanol–water partition coefficient (Wildman–Crippen LogP) is 3.67. The van der Waals surface area contributed by atoms with Gasteiger partial charge in [0, 0.05) is 12.0 Å². The van der Waals surface area contributed by atoms with Crippen LogP contribution in [0.5, 0.6) is 0 Å². The third-order valence-corrected chi connectivity index (χ3v) is 4.12. The molecule has 2 aromatic heterocycles. The van der Waals surface area contributed by atoms with Crippen LogP contribution in [0.4, 0.5) is 0 Å². The first-order valence-electron chi connectivity index (χ1n) is 5.07. The number of rotatable bonds is 3. The van der Waals surface area contributed by atoms with Crippen molar-refractivity contribution < 1.29 is 0 Å². The molecule has 0 aliphatic heterocycles. The molecule has 0 aromatic carbocycles. The van der Waals surface area contributed by atoms with Crippen molar-refractivity contribution in [2.75, 3.05) is 0 Å². The van der Waals surface area contributed by atoms with Gasteiger partial charge >= 0.3 is 0 Å². The summed E-state index contributed by atoms with van der Waals surface area (Å²) in [5, 5.41) is 9.91. The first kappa shape index (κ1) is 12.9. The van der Waals surface area contributed by atoms with Gasteiger partial charge in [-0.2, -0.15) is 0 Å². The minimum absolute atomic E-state index is 0.308. The van der Waals surface area contributed by atoms with Crippen molar-refractivity contribution in [3.8, 4) is 0 Å². The minimum Gasteiger partial charge on any atom is -0.226 e. The minimum atomic E-state index is 0.308. The second-order valence-electron chi connectivity index (χ2n) is 3.73. The fraction of sp³-hybridized carbons (Fsp3) is 0.400. The summed E-state index contributed by atoms with van der Waals surface area (Å²) >= 11 is 6.49. The fourth-order valence-corrected chi connectivity index (χ4v) is 3.45. The molecule has 90 valence electrons. The average molecular weight is 331 g/mol. The van der Waals surface area contributed by atoms with Crippen molar-refractivity contribution in [3.63, 3.8) is 0 Å². The highest BCUT2D eigenvalue weighted by Gasteiger charge is 2.10. The molecule has 17 heavy (non-hydrogen) atoms. The lowest BCUT2D eigenvalue weighted by atomic mass is 10.2. The zero-order valence-corrected chi connectivity index (χ0v) is 12.9. The van der Waals surface area contributed by atoms with Gasteiger partial charge in [0.2, 0.25) is 0 Å². The summed E-state index contributed by atoms with van der Waals surface area (Å²) in [6, 6.07) is 1.90. The molecule has 2 heterocycles. The molecule has 0 aliphatic carbocycles. The van der Waals surface area contributed by atoms with Crippen LogP contribution in [0.3, 0.4) is 0 Å². The Bertz CT molecular complexity index is 527. The van der Waals surface area contributed by atoms with Crippen LogP contribution >= 0.6 is 39.0 Å². The highest BCUT2D eigenvalue weighted by atomic mass is 79.9. The topological polar surface area (TPSA) is 51.6 Å². The van der Waals surface area contributed by atoms with E-state index in [1.165, 1.54) is 11.8 Å². The molecule has 0 amide bonds. The van der Waals surface area contributed by atoms with Gasteiger partial charge in [-0.1, -0.05) is 25.2 Å². The van der Waals surface area contributed by atoms with Gasteiger partial charge in [0.25, 0.3) is 0 Å². The highest BCUT2D eigenvalue weighted by molar-refractivity contribution is 9.10. The summed E-state index contributed by atoms with van der Waals surface area (Å²) in [5.74, 6) is 1.14. The summed E-state index contributed by atoms with van der Waals surface area (Å²) in [6.07, 6.45) is 0. The molecule has 0 radical (unpaired) electrons. The van der Waals surface area contributed by atoms with E-state index in [0.717, 1.165) is 24.8 Å². The normalized spacial score (nSPS) is 11.1. The quantitative estimate of drug-likeness (QED) is 0.803. The molecule has 2 aromatic rings. The Hall–Kier alpha value is -0.530. The van der Waals surface area contributed by atoms with Crippen molar-refractivity contribution >= 4 is 39.0 Å². The van der Waals surface area contributed by atoms with Gasteiger partial charge in [-0.3, -0.25) is 0 Å². The molecule has 0 bridgehead atoms. The number of hydrogen-bond donors (Lipinski definition) is 0. The molecule has 0 aliphatic rings. The zero-order chi connectivity index (χ0) is 12.4. The molecule has 4 nitrogen and oxygen atoms in total. The molecule has 0 spiro atoms. The van der Waals surface area contributed by atoms with Crippen LogP contribution in [0.2, 0.25) is 0 Å². The Kier molecular flexibility index (Phi) is 4.11. The van der Waals surface area contributed by atoms with Crippen molar-refractivity contribution in [1.29, 1.82) is 0 Å². The number of aryl methyl sites for hydroxylation is 1. The fourth-order valence-electron chi connectivity index (χ4n) is 1.13. The second-order valence-corrected chi connectivity index (χ2v) is 6.99. The summed E-state index contributed by atoms with van der Waals surface area (Å²) in [4.78, 5) is 8.84. The maximum Gasteiger partial charge on any atom is 0.180 e. The van der Waals surface area contributed by atoms with Gasteiger partial charge in [0.1, 0.15) is 20.5 Å². The summed E-state index contributed by atoms with van der Waals surface area (Å²) < 4.78 is 1.71. The van der Waals surface area contributed by atoms with E-state index in [1.807, 2.05) is 13.0 Å². The standard InChI is InChI=1S/C10H11BrN4S2/c1-5(2)9-12-7(11)4-8(13-9)17-10-15-14-6(3)16-10/h4-5H,1-3H3. The first-order chi connectivity index (χ1) is 8.04. The Morgan fingerprint density at radius 3 is 2.65 bits per heavy atom. The monoisotopic (exact) mass is 330 g/mol. The lowest BCUT2D eigenvalue weighted by molar-refractivity contribution is 0.747. The van der Waals surface area contributed by atoms with E-state index in [1.54, 1.807) is 11.3 Å². The molecule has 0 atom stereocenters. The summed E-state index contributed by atoms with van der Waals surface area (Å²) in [5.41, 5.74) is 0. The van der Waals surface area contributed by atoms with E-state index in [0.29, 0.717) is 5.92 Å². The lowest BCUT2D eigenvalue weighted by Gasteiger charge is -2.05. The summed E-state index contributed by atoms with van der Waals surface area (Å²) in [6.45, 7) is 6.09. The van der Waals surface area contributed by atoms with Crippen LogP contribution in [0.1, 0.15) is 30.6 Å². The molecule has 7 heteroatoms. The molecular weight excluding hydrogens is 320 g/mol. The van der Waals surface area contributed by atoms with Gasteiger partial charge in [-0.15, -0.1) is 10.2 Å². The smallest absolute Gasteiger partial charge is 0.180 e. The number of halogens is 1. The van der Waals surface area contributed by atoms with E-state index >= 15 is 0 Å². The maximum absolute atomic E-state index is 4.50. The molecule has 0 N–H and O–H groups in total. The number of aromatic nitrogens is 4. The Morgan fingerprint density at radius 1 is 1.29 bits per heavy atom. The van der Waals surface area contributed by atoms with Crippen LogP contribution in [-0.2, 0) is 0 Å². The van der Waals surface area contributed by atoms with Crippen LogP contribution in [-0.4, -0.2) is 20.2 Å². The van der Waals surface area contributed by atoms with E-state index < -0.39 is 0 Å². The van der Waals surface area contributed by atoms with Crippen molar-refractivity contribution in [2.45, 2.75) is 36.1 Å². The third-order valence-electron chi connectivity index (χ3n) is 1.90. The molecule has 2 rings (SSSR count). The first-order valence-corrected chi connectivity index (χ1v) is 7.49. The Morgan fingerprint density at radius 2 is 2.06 bits per heavy atom. The largest absolute Gasteiger partial charge is 0.226 e. The maximum atomic E-state index is 4.50. The van der Waals surface area contributed by atoms with Gasteiger partial charge in [-0.25, -0.2) is 9.97 Å². The van der Waals surface area contributed by atoms with Crippen LogP contribution in [0.25, 0.3) is 0 Å². The van der Waals surface area contributed by atoms with Crippen molar-refractivity contribution in [3.05, 3.63) is 21.5 Å². The zero-order valence-electron chi connectivity index (χ0n) is 9.64. The van der Waals surface area contributed by atoms with E-state index in [4.69, 9.17) is 0 Å². The highest BCUT2D eigenvalue weighted by Crippen LogP contribution is 2.30. The Balaban J connectivity index is 2.26. The molecule has 0 saturated heterocycles. The molecular formula is C10H11BrN4S2. The van der Waals surface area contributed by atoms with Crippen molar-refractivity contribution in [1.82, 2.24) is 20.2 Å². The molecule has 0 unspecified atom stereocenters. The van der Waals surface area contributed by atoms with E-state index in [9.17, 15) is 0 Å². The predicted molar refractivity (Wildman–Crippen MR) is 72.6 cm³/mol. The Labute approximate surface area is 116 Å². The van der Waals surface area contributed by atoms with Gasteiger partial charge in [-0.05, 0) is 34.6 Å². The van der Waals surface area contributed by atoms with Crippen LogP contribution < -0.4 is 0 Å². The lowest BCUT2D eigenvalue weighted by Crippen LogP contribution is -1.98. The van der Waals surface area contributed by atoms with E-state index in [-0.39, 0.29) is 0 Å². The van der Waals surface area contributed by atoms with Gasteiger partial charge < -0.3 is 0 Å². The van der Waals surface area contributed by atoms with Crippen LogP contribution in [0.15, 0.2) is 20.0 Å². The number of hydrogen-bond acceptors (Lipinski definition) is 6. The summed E-state index contributed by atoms with van der Waals surface area (Å²) in [7, 11) is 0.